The highest BCUT2D eigenvalue weighted by atomic mass is 35.5. The maximum Gasteiger partial charge on any atom is 0.264 e. The van der Waals surface area contributed by atoms with Gasteiger partial charge in [-0.3, -0.25) is 13.9 Å². The van der Waals surface area contributed by atoms with E-state index < -0.39 is 28.5 Å². The van der Waals surface area contributed by atoms with Crippen LogP contribution in [0.2, 0.25) is 15.1 Å². The smallest absolute Gasteiger partial charge is 0.264 e. The van der Waals surface area contributed by atoms with Crippen LogP contribution in [0.15, 0.2) is 71.6 Å². The summed E-state index contributed by atoms with van der Waals surface area (Å²) in [6, 6.07) is 16.8. The summed E-state index contributed by atoms with van der Waals surface area (Å²) in [5.41, 5.74) is 1.67. The second kappa shape index (κ2) is 14.2. The van der Waals surface area contributed by atoms with Crippen molar-refractivity contribution in [3.8, 4) is 0 Å². The minimum Gasteiger partial charge on any atom is -0.354 e. The number of para-hydroxylation sites is 1. The Labute approximate surface area is 251 Å². The third kappa shape index (κ3) is 7.69. The second-order valence-corrected chi connectivity index (χ2v) is 12.3. The van der Waals surface area contributed by atoms with E-state index in [4.69, 9.17) is 34.8 Å². The van der Waals surface area contributed by atoms with Crippen LogP contribution in [0.3, 0.4) is 0 Å². The number of anilines is 1. The van der Waals surface area contributed by atoms with Crippen molar-refractivity contribution in [2.24, 2.45) is 0 Å². The highest BCUT2D eigenvalue weighted by Crippen LogP contribution is 2.31. The normalized spacial score (nSPS) is 12.1. The molecule has 7 nitrogen and oxygen atoms in total. The third-order valence-corrected chi connectivity index (χ3v) is 9.11. The zero-order valence-electron chi connectivity index (χ0n) is 22.5. The van der Waals surface area contributed by atoms with Crippen LogP contribution in [0.25, 0.3) is 0 Å². The average Bonchev–Trinajstić information content (AvgIpc) is 2.93. The number of hydrogen-bond donors (Lipinski definition) is 1. The van der Waals surface area contributed by atoms with E-state index in [9.17, 15) is 18.0 Å². The predicted octanol–water partition coefficient (Wildman–Crippen LogP) is 6.48. The van der Waals surface area contributed by atoms with Crippen LogP contribution in [0.4, 0.5) is 5.69 Å². The minimum atomic E-state index is -4.21. The fourth-order valence-corrected chi connectivity index (χ4v) is 6.17. The molecule has 0 aliphatic heterocycles. The van der Waals surface area contributed by atoms with Gasteiger partial charge in [0, 0.05) is 13.1 Å². The van der Waals surface area contributed by atoms with Gasteiger partial charge in [-0.15, -0.1) is 0 Å². The summed E-state index contributed by atoms with van der Waals surface area (Å²) in [5, 5.41) is 3.66. The Morgan fingerprint density at radius 3 is 2.17 bits per heavy atom. The quantitative estimate of drug-likeness (QED) is 0.250. The van der Waals surface area contributed by atoms with Gasteiger partial charge < -0.3 is 10.2 Å². The first-order valence-electron chi connectivity index (χ1n) is 12.8. The van der Waals surface area contributed by atoms with E-state index in [0.29, 0.717) is 28.6 Å². The summed E-state index contributed by atoms with van der Waals surface area (Å²) in [7, 11) is -4.21. The van der Waals surface area contributed by atoms with Gasteiger partial charge in [-0.1, -0.05) is 84.5 Å². The first-order valence-corrected chi connectivity index (χ1v) is 15.4. The van der Waals surface area contributed by atoms with Gasteiger partial charge in [0.1, 0.15) is 12.6 Å². The number of halogens is 3. The topological polar surface area (TPSA) is 86.8 Å². The molecule has 0 heterocycles. The van der Waals surface area contributed by atoms with Crippen LogP contribution < -0.4 is 9.62 Å². The van der Waals surface area contributed by atoms with E-state index in [1.54, 1.807) is 55.5 Å². The highest BCUT2D eigenvalue weighted by Gasteiger charge is 2.34. The molecule has 1 N–H and O–H groups in total. The molecule has 0 aliphatic rings. The standard InChI is InChI=1S/C29H32Cl3N3O4S/c1-4-16-33-29(37)26(5-2)34(18-21-12-15-23(30)25(32)17-21)28(36)19-35(27-9-7-6-8-24(27)31)40(38,39)22-13-10-20(3)11-14-22/h6-15,17,26H,4-5,16,18-19H2,1-3H3,(H,33,37)/t26-/m0/s1. The number of aryl methyl sites for hydroxylation is 1. The molecule has 2 amide bonds. The molecule has 3 aromatic carbocycles. The first-order chi connectivity index (χ1) is 19.0. The number of hydrogen-bond acceptors (Lipinski definition) is 4. The Kier molecular flexibility index (Phi) is 11.3. The van der Waals surface area contributed by atoms with Crippen LogP contribution in [-0.4, -0.2) is 44.3 Å². The molecule has 0 fully saturated rings. The monoisotopic (exact) mass is 623 g/mol. The van der Waals surface area contributed by atoms with Crippen LogP contribution in [0.5, 0.6) is 0 Å². The van der Waals surface area contributed by atoms with Crippen molar-refractivity contribution in [3.05, 3.63) is 92.9 Å². The number of sulfonamides is 1. The van der Waals surface area contributed by atoms with Gasteiger partial charge in [0.15, 0.2) is 0 Å². The number of nitrogens with one attached hydrogen (secondary N) is 1. The van der Waals surface area contributed by atoms with Crippen molar-refractivity contribution in [3.63, 3.8) is 0 Å². The zero-order valence-corrected chi connectivity index (χ0v) is 25.6. The molecule has 0 unspecified atom stereocenters. The number of benzene rings is 3. The molecule has 0 aromatic heterocycles. The summed E-state index contributed by atoms with van der Waals surface area (Å²) in [5.74, 6) is -0.913. The lowest BCUT2D eigenvalue weighted by atomic mass is 10.1. The van der Waals surface area contributed by atoms with Crippen molar-refractivity contribution in [2.75, 3.05) is 17.4 Å². The van der Waals surface area contributed by atoms with Crippen molar-refractivity contribution in [1.82, 2.24) is 10.2 Å². The van der Waals surface area contributed by atoms with Gasteiger partial charge >= 0.3 is 0 Å². The van der Waals surface area contributed by atoms with Gasteiger partial charge in [-0.25, -0.2) is 8.42 Å². The fourth-order valence-electron chi connectivity index (χ4n) is 4.12. The van der Waals surface area contributed by atoms with Gasteiger partial charge in [-0.05, 0) is 61.7 Å². The van der Waals surface area contributed by atoms with Gasteiger partial charge in [-0.2, -0.15) is 0 Å². The fraction of sp³-hybridized carbons (Fsp3) is 0.310. The predicted molar refractivity (Wildman–Crippen MR) is 162 cm³/mol. The van der Waals surface area contributed by atoms with Crippen LogP contribution in [0.1, 0.15) is 37.8 Å². The lowest BCUT2D eigenvalue weighted by Crippen LogP contribution is -2.52. The van der Waals surface area contributed by atoms with Crippen molar-refractivity contribution >= 4 is 62.3 Å². The van der Waals surface area contributed by atoms with E-state index in [1.807, 2.05) is 13.8 Å². The highest BCUT2D eigenvalue weighted by molar-refractivity contribution is 7.92. The molecule has 0 radical (unpaired) electrons. The Bertz CT molecular complexity index is 1450. The van der Waals surface area contributed by atoms with Crippen LogP contribution in [0, 0.1) is 6.92 Å². The lowest BCUT2D eigenvalue weighted by Gasteiger charge is -2.33. The number of carbonyl (C=O) groups is 2. The molecule has 0 spiro atoms. The number of carbonyl (C=O) groups excluding carboxylic acids is 2. The molecule has 0 aliphatic carbocycles. The molecular weight excluding hydrogens is 593 g/mol. The molecular formula is C29H32Cl3N3O4S. The lowest BCUT2D eigenvalue weighted by molar-refractivity contribution is -0.140. The molecule has 0 bridgehead atoms. The molecule has 11 heteroatoms. The molecule has 3 rings (SSSR count). The molecule has 1 atom stereocenters. The van der Waals surface area contributed by atoms with Crippen LogP contribution in [-0.2, 0) is 26.2 Å². The SMILES string of the molecule is CCCNC(=O)[C@H](CC)N(Cc1ccc(Cl)c(Cl)c1)C(=O)CN(c1ccccc1Cl)S(=O)(=O)c1ccc(C)cc1. The van der Waals surface area contributed by atoms with Gasteiger partial charge in [0.05, 0.1) is 25.7 Å². The molecule has 0 saturated carbocycles. The third-order valence-electron chi connectivity index (χ3n) is 6.28. The maximum atomic E-state index is 14.0. The first kappa shape index (κ1) is 31.7. The summed E-state index contributed by atoms with van der Waals surface area (Å²) in [6.07, 6.45) is 1.03. The van der Waals surface area contributed by atoms with Crippen molar-refractivity contribution < 1.29 is 18.0 Å². The van der Waals surface area contributed by atoms with E-state index in [2.05, 4.69) is 5.32 Å². The number of rotatable bonds is 12. The Morgan fingerprint density at radius 2 is 1.57 bits per heavy atom. The largest absolute Gasteiger partial charge is 0.354 e. The molecule has 214 valence electrons. The van der Waals surface area contributed by atoms with E-state index in [0.717, 1.165) is 16.3 Å². The summed E-state index contributed by atoms with van der Waals surface area (Å²) in [4.78, 5) is 28.6. The van der Waals surface area contributed by atoms with E-state index in [-0.39, 0.29) is 28.1 Å². The average molecular weight is 625 g/mol. The Balaban J connectivity index is 2.07. The summed E-state index contributed by atoms with van der Waals surface area (Å²) in [6.45, 7) is 5.43. The van der Waals surface area contributed by atoms with E-state index in [1.165, 1.54) is 23.1 Å². The zero-order chi connectivity index (χ0) is 29.4. The minimum absolute atomic E-state index is 0.00865. The Hall–Kier alpha value is -2.78. The van der Waals surface area contributed by atoms with Gasteiger partial charge in [0.25, 0.3) is 10.0 Å². The van der Waals surface area contributed by atoms with Gasteiger partial charge in [0.2, 0.25) is 11.8 Å². The molecule has 40 heavy (non-hydrogen) atoms. The second-order valence-electron chi connectivity index (χ2n) is 9.26. The summed E-state index contributed by atoms with van der Waals surface area (Å²) >= 11 is 18.7. The molecule has 0 saturated heterocycles. The number of amides is 2. The molecule has 3 aromatic rings. The maximum absolute atomic E-state index is 14.0. The summed E-state index contributed by atoms with van der Waals surface area (Å²) < 4.78 is 28.8. The van der Waals surface area contributed by atoms with Crippen molar-refractivity contribution in [1.29, 1.82) is 0 Å². The Morgan fingerprint density at radius 1 is 0.900 bits per heavy atom. The van der Waals surface area contributed by atoms with E-state index >= 15 is 0 Å². The van der Waals surface area contributed by atoms with Crippen molar-refractivity contribution in [2.45, 2.75) is 51.1 Å². The number of nitrogens with zero attached hydrogens (tertiary/aromatic N) is 2. The van der Waals surface area contributed by atoms with Crippen LogP contribution >= 0.6 is 34.8 Å².